The van der Waals surface area contributed by atoms with E-state index < -0.39 is 36.6 Å². The largest absolute Gasteiger partial charge is 0.356 e. The molecule has 0 saturated heterocycles. The van der Waals surface area contributed by atoms with E-state index in [1.807, 2.05) is 6.08 Å². The summed E-state index contributed by atoms with van der Waals surface area (Å²) in [6, 6.07) is 1.31. The maximum atomic E-state index is 13.8. The average Bonchev–Trinajstić information content (AvgIpc) is 2.51. The minimum Gasteiger partial charge on any atom is -0.316 e. The van der Waals surface area contributed by atoms with Gasteiger partial charge in [-0.05, 0) is 55.2 Å². The van der Waals surface area contributed by atoms with Crippen molar-refractivity contribution in [2.45, 2.75) is 44.8 Å². The van der Waals surface area contributed by atoms with Crippen LogP contribution in [-0.2, 0) is 11.3 Å². The third-order valence-electron chi connectivity index (χ3n) is 4.24. The molecule has 1 fully saturated rings. The molecule has 0 aliphatic heterocycles. The van der Waals surface area contributed by atoms with Crippen LogP contribution < -0.4 is 0 Å². The van der Waals surface area contributed by atoms with Crippen molar-refractivity contribution in [3.63, 3.8) is 0 Å². The molecule has 0 N–H and O–H groups in total. The number of rotatable bonds is 6. The highest BCUT2D eigenvalue weighted by molar-refractivity contribution is 5.18. The van der Waals surface area contributed by atoms with Gasteiger partial charge in [-0.2, -0.15) is 8.78 Å². The molecule has 1 aliphatic carbocycles. The summed E-state index contributed by atoms with van der Waals surface area (Å²) in [4.78, 5) is 0. The number of allylic oxidation sites excluding steroid dienone is 1. The first-order valence-corrected chi connectivity index (χ1v) is 7.58. The fourth-order valence-corrected chi connectivity index (χ4v) is 2.90. The Hall–Kier alpha value is -1.43. The van der Waals surface area contributed by atoms with E-state index in [0.717, 1.165) is 12.8 Å². The van der Waals surface area contributed by atoms with E-state index in [1.165, 1.54) is 0 Å². The topological polar surface area (TPSA) is 9.23 Å². The number of ether oxygens (including phenoxy) is 1. The van der Waals surface area contributed by atoms with Gasteiger partial charge < -0.3 is 4.74 Å². The van der Waals surface area contributed by atoms with Gasteiger partial charge in [-0.25, -0.2) is 13.2 Å². The monoisotopic (exact) mass is 334 g/mol. The molecule has 0 radical (unpaired) electrons. The van der Waals surface area contributed by atoms with Gasteiger partial charge in [0.2, 0.25) is 0 Å². The highest BCUT2D eigenvalue weighted by Gasteiger charge is 2.35. The minimum atomic E-state index is -3.38. The van der Waals surface area contributed by atoms with Crippen molar-refractivity contribution < 1.29 is 26.7 Å². The maximum absolute atomic E-state index is 13.8. The summed E-state index contributed by atoms with van der Waals surface area (Å²) in [6.45, 7) is 3.03. The summed E-state index contributed by atoms with van der Waals surface area (Å²) in [5, 5.41) is 0. The van der Waals surface area contributed by atoms with Gasteiger partial charge in [-0.1, -0.05) is 6.08 Å². The van der Waals surface area contributed by atoms with Crippen LogP contribution in [0.25, 0.3) is 0 Å². The molecule has 1 aliphatic rings. The van der Waals surface area contributed by atoms with Crippen LogP contribution in [0.1, 0.15) is 37.7 Å². The number of alkyl halides is 2. The molecule has 1 aromatic rings. The first-order chi connectivity index (χ1) is 10.8. The third-order valence-corrected chi connectivity index (χ3v) is 4.24. The molecule has 6 heteroatoms. The van der Waals surface area contributed by atoms with Crippen molar-refractivity contribution >= 4 is 0 Å². The van der Waals surface area contributed by atoms with E-state index in [1.54, 1.807) is 0 Å². The quantitative estimate of drug-likeness (QED) is 0.374. The number of hydrogen-bond donors (Lipinski definition) is 0. The molecular formula is C17H19F5O. The normalized spacial score (nSPS) is 22.1. The first kappa shape index (κ1) is 17.9. The van der Waals surface area contributed by atoms with Gasteiger partial charge in [0.15, 0.2) is 17.5 Å². The van der Waals surface area contributed by atoms with Gasteiger partial charge in [0.1, 0.15) is 0 Å². The number of benzene rings is 1. The summed E-state index contributed by atoms with van der Waals surface area (Å²) >= 11 is 0. The molecule has 0 atom stereocenters. The summed E-state index contributed by atoms with van der Waals surface area (Å²) < 4.78 is 71.1. The Labute approximate surface area is 132 Å². The molecule has 0 heterocycles. The van der Waals surface area contributed by atoms with Crippen LogP contribution in [0.4, 0.5) is 22.0 Å². The summed E-state index contributed by atoms with van der Waals surface area (Å²) in [5.41, 5.74) is -0.170. The van der Waals surface area contributed by atoms with Crippen molar-refractivity contribution in [1.82, 2.24) is 0 Å². The summed E-state index contributed by atoms with van der Waals surface area (Å²) in [7, 11) is 0. The lowest BCUT2D eigenvalue weighted by Gasteiger charge is -2.29. The molecule has 1 saturated carbocycles. The van der Waals surface area contributed by atoms with E-state index in [0.29, 0.717) is 30.9 Å². The molecule has 0 unspecified atom stereocenters. The van der Waals surface area contributed by atoms with Crippen LogP contribution in [0, 0.1) is 29.3 Å². The summed E-state index contributed by atoms with van der Waals surface area (Å²) in [6.07, 6.45) is 1.06. The Kier molecular flexibility index (Phi) is 5.79. The molecule has 1 aromatic carbocycles. The van der Waals surface area contributed by atoms with Crippen LogP contribution in [-0.4, -0.2) is 6.11 Å². The SMILES string of the molecule is C=C[C@H]1CC[C@H](CC(F)(F)OCc2cc(F)c(F)c(F)c2)CC1. The Morgan fingerprint density at radius 1 is 1.09 bits per heavy atom. The molecule has 0 spiro atoms. The molecule has 128 valence electrons. The van der Waals surface area contributed by atoms with Crippen molar-refractivity contribution in [3.05, 3.63) is 47.8 Å². The zero-order valence-electron chi connectivity index (χ0n) is 12.6. The molecule has 2 rings (SSSR count). The van der Waals surface area contributed by atoms with Crippen LogP contribution >= 0.6 is 0 Å². The third kappa shape index (κ3) is 5.03. The van der Waals surface area contributed by atoms with Crippen LogP contribution in [0.5, 0.6) is 0 Å². The van der Waals surface area contributed by atoms with Crippen molar-refractivity contribution in [2.75, 3.05) is 0 Å². The highest BCUT2D eigenvalue weighted by atomic mass is 19.3. The van der Waals surface area contributed by atoms with Gasteiger partial charge in [0, 0.05) is 6.42 Å². The van der Waals surface area contributed by atoms with E-state index in [-0.39, 0.29) is 11.5 Å². The molecular weight excluding hydrogens is 315 g/mol. The zero-order chi connectivity index (χ0) is 17.0. The van der Waals surface area contributed by atoms with E-state index in [9.17, 15) is 22.0 Å². The predicted octanol–water partition coefficient (Wildman–Crippen LogP) is 5.60. The fraction of sp³-hybridized carbons (Fsp3) is 0.529. The van der Waals surface area contributed by atoms with Crippen molar-refractivity contribution in [3.8, 4) is 0 Å². The lowest BCUT2D eigenvalue weighted by molar-refractivity contribution is -0.256. The zero-order valence-corrected chi connectivity index (χ0v) is 12.6. The van der Waals surface area contributed by atoms with Crippen molar-refractivity contribution in [2.24, 2.45) is 11.8 Å². The lowest BCUT2D eigenvalue weighted by Crippen LogP contribution is -2.27. The van der Waals surface area contributed by atoms with Gasteiger partial charge in [0.25, 0.3) is 0 Å². The van der Waals surface area contributed by atoms with E-state index in [4.69, 9.17) is 0 Å². The van der Waals surface area contributed by atoms with Crippen LogP contribution in [0.3, 0.4) is 0 Å². The number of hydrogen-bond acceptors (Lipinski definition) is 1. The Morgan fingerprint density at radius 3 is 2.17 bits per heavy atom. The van der Waals surface area contributed by atoms with Crippen LogP contribution in [0.2, 0.25) is 0 Å². The lowest BCUT2D eigenvalue weighted by atomic mass is 9.80. The van der Waals surface area contributed by atoms with Gasteiger partial charge in [-0.3, -0.25) is 0 Å². The van der Waals surface area contributed by atoms with E-state index in [2.05, 4.69) is 11.3 Å². The van der Waals surface area contributed by atoms with Crippen molar-refractivity contribution in [1.29, 1.82) is 0 Å². The smallest absolute Gasteiger partial charge is 0.316 e. The van der Waals surface area contributed by atoms with E-state index >= 15 is 0 Å². The fourth-order valence-electron chi connectivity index (χ4n) is 2.90. The first-order valence-electron chi connectivity index (χ1n) is 7.58. The standard InChI is InChI=1S/C17H19F5O/c1-2-11-3-5-12(6-4-11)9-17(21,22)23-10-13-7-14(18)16(20)15(19)8-13/h2,7-8,11-12H,1,3-6,9-10H2/t11-,12-. The Morgan fingerprint density at radius 2 is 1.65 bits per heavy atom. The molecule has 23 heavy (non-hydrogen) atoms. The number of halogens is 5. The molecule has 0 bridgehead atoms. The van der Waals surface area contributed by atoms with Gasteiger partial charge in [0.05, 0.1) is 6.61 Å². The highest BCUT2D eigenvalue weighted by Crippen LogP contribution is 2.37. The summed E-state index contributed by atoms with van der Waals surface area (Å²) in [5.74, 6) is -4.24. The van der Waals surface area contributed by atoms with Crippen LogP contribution in [0.15, 0.2) is 24.8 Å². The average molecular weight is 334 g/mol. The second-order valence-electron chi connectivity index (χ2n) is 6.02. The predicted molar refractivity (Wildman–Crippen MR) is 76.3 cm³/mol. The second-order valence-corrected chi connectivity index (χ2v) is 6.02. The Bertz CT molecular complexity index is 527. The second kappa shape index (κ2) is 7.43. The molecule has 0 amide bonds. The van der Waals surface area contributed by atoms with Gasteiger partial charge >= 0.3 is 6.11 Å². The minimum absolute atomic E-state index is 0.150. The Balaban J connectivity index is 1.87. The maximum Gasteiger partial charge on any atom is 0.356 e. The molecule has 0 aromatic heterocycles. The molecule has 1 nitrogen and oxygen atoms in total. The van der Waals surface area contributed by atoms with Gasteiger partial charge in [-0.15, -0.1) is 6.58 Å².